The van der Waals surface area contributed by atoms with E-state index in [2.05, 4.69) is 387 Å². The van der Waals surface area contributed by atoms with Gasteiger partial charge in [0.2, 0.25) is 5.82 Å². The van der Waals surface area contributed by atoms with Crippen molar-refractivity contribution in [2.45, 2.75) is 184 Å². The number of carbonyl (C=O) groups excluding carboxylic acids is 5. The third-order valence-corrected chi connectivity index (χ3v) is 24.0. The molecule has 0 unspecified atom stereocenters. The van der Waals surface area contributed by atoms with E-state index in [1.54, 1.807) is 24.8 Å². The standard InChI is InChI=1S/C25H38N6O.C24H33N7O.C24H36N6O.2C20H28N4O/c1-19-27-16-22(23(29-19)28-18-25(2,3)4)24(32)26-11-10-20-6-8-21(9-7-20)17-31-14-12-30(5)13-15-31;1-24(2,3)17-28-22-20(16-27-21(15-25)29-22)23(32)26-9-8-18-6-5-7-19(14-18)31-12-10-30(4)11-13-31;1-18-26-16-21(22(28-18)27-17-24(2,3)4)23(31)25-11-10-19-6-8-20(9-7-19)30-14-12-29(5)13-15-30;1-14-6-8-16(9-7-14)10-11-21-19(25)17-12-22-15(2)24-18(17)23-13-20(3,4)5;1-14-7-6-8-16(11-14)9-10-21-19(25)17-12-22-15(2)24-18(17)23-13-20(3,4)5/h6-9,16H,10-15,17-18H2,1-5H3,(H,26,32)(H,27,28,29);5-7,14,16H,8-13,17H2,1-4H3,(H,26,32)(H,27,28,29);6-9,16H,10-15,17H2,1-5H3,(H,25,31)(H,26,27,28);6-9,12H,10-11,13H2,1-5H3,(H,21,25)(H,22,23,24);6-8,11-12H,9-10,13H2,1-5H3,(H,21,25)(H,22,23,24). The molecule has 0 saturated carbocycles. The third-order valence-electron chi connectivity index (χ3n) is 24.0. The molecule has 3 aliphatic heterocycles. The number of nitrogens with zero attached hydrogens (tertiary/aromatic N) is 17. The van der Waals surface area contributed by atoms with E-state index in [1.165, 1.54) is 62.1 Å². The summed E-state index contributed by atoms with van der Waals surface area (Å²) in [6.07, 6.45) is 11.7. The first-order valence-electron chi connectivity index (χ1n) is 51.0. The van der Waals surface area contributed by atoms with Gasteiger partial charge >= 0.3 is 0 Å². The highest BCUT2D eigenvalue weighted by atomic mass is 16.2. The molecule has 0 radical (unpaired) electrons. The zero-order chi connectivity index (χ0) is 106. The lowest BCUT2D eigenvalue weighted by atomic mass is 9.97. The molecule has 145 heavy (non-hydrogen) atoms. The molecule has 0 aliphatic carbocycles. The summed E-state index contributed by atoms with van der Waals surface area (Å²) in [7, 11) is 6.50. The highest BCUT2D eigenvalue weighted by Gasteiger charge is 2.26. The van der Waals surface area contributed by atoms with Crippen molar-refractivity contribution in [3.05, 3.63) is 254 Å². The first kappa shape index (κ1) is 115. The molecule has 32 nitrogen and oxygen atoms in total. The van der Waals surface area contributed by atoms with E-state index in [0.29, 0.717) is 119 Å². The third kappa shape index (κ3) is 42.5. The molecule has 3 fully saturated rings. The van der Waals surface area contributed by atoms with Crippen LogP contribution in [0.4, 0.5) is 40.5 Å². The average Bonchev–Trinajstić information content (AvgIpc) is 0.838. The molecule has 13 rings (SSSR count). The summed E-state index contributed by atoms with van der Waals surface area (Å²) < 4.78 is 0. The SMILES string of the molecule is CN1CCN(c2cccc(CCNC(=O)c3cnc(C#N)nc3NCC(C)(C)C)c2)CC1.Cc1ccc(CCNC(=O)c2cnc(C)nc2NCC(C)(C)C)cc1.Cc1cccc(CCNC(=O)c2cnc(C)nc2NCC(C)(C)C)c1.Cc1ncc(C(=O)NCCc2ccc(CN3CCN(C)CC3)cc2)c(NCC(C)(C)C)n1.Cc1ncc(C(=O)NCCc2ccc(N3CCN(C)CC3)cc2)c(NCC(C)(C)C)n1. The molecule has 3 aliphatic rings. The van der Waals surface area contributed by atoms with Gasteiger partial charge in [-0.3, -0.25) is 28.9 Å². The zero-order valence-electron chi connectivity index (χ0n) is 90.9. The number of anilines is 7. The number of nitrogens with one attached hydrogen (secondary N) is 10. The van der Waals surface area contributed by atoms with E-state index in [0.717, 1.165) is 143 Å². The number of aryl methyl sites for hydroxylation is 6. The van der Waals surface area contributed by atoms with Gasteiger partial charge in [0.15, 0.2) is 0 Å². The minimum atomic E-state index is -0.249. The van der Waals surface area contributed by atoms with Gasteiger partial charge in [-0.25, -0.2) is 49.8 Å². The molecule has 3 saturated heterocycles. The quantitative estimate of drug-likeness (QED) is 0.0179. The van der Waals surface area contributed by atoms with Crippen LogP contribution in [-0.2, 0) is 38.6 Å². The maximum Gasteiger partial charge on any atom is 0.256 e. The molecule has 5 aromatic heterocycles. The van der Waals surface area contributed by atoms with Gasteiger partial charge in [0, 0.05) is 193 Å². The van der Waals surface area contributed by atoms with E-state index in [1.807, 2.05) is 39.8 Å². The van der Waals surface area contributed by atoms with Crippen molar-refractivity contribution in [3.8, 4) is 6.07 Å². The normalized spacial score (nSPS) is 13.8. The predicted octanol–water partition coefficient (Wildman–Crippen LogP) is 15.5. The maximum absolute atomic E-state index is 12.8. The van der Waals surface area contributed by atoms with Crippen molar-refractivity contribution >= 4 is 70.0 Å². The summed E-state index contributed by atoms with van der Waals surface area (Å²) >= 11 is 0. The van der Waals surface area contributed by atoms with Gasteiger partial charge in [-0.1, -0.05) is 212 Å². The number of benzene rings is 5. The highest BCUT2D eigenvalue weighted by Crippen LogP contribution is 2.27. The van der Waals surface area contributed by atoms with Crippen LogP contribution in [0.15, 0.2) is 152 Å². The van der Waals surface area contributed by atoms with Crippen molar-refractivity contribution in [2.24, 2.45) is 27.1 Å². The van der Waals surface area contributed by atoms with Crippen molar-refractivity contribution in [1.82, 2.24) is 96.0 Å². The van der Waals surface area contributed by atoms with Crippen LogP contribution in [-0.4, -0.2) is 264 Å². The second kappa shape index (κ2) is 55.7. The number of amides is 5. The number of aromatic nitrogens is 10. The Morgan fingerprint density at radius 3 is 0.903 bits per heavy atom. The first-order valence-corrected chi connectivity index (χ1v) is 51.0. The van der Waals surface area contributed by atoms with Crippen LogP contribution in [0.25, 0.3) is 0 Å². The molecule has 8 heterocycles. The van der Waals surface area contributed by atoms with Gasteiger partial charge in [-0.2, -0.15) is 5.26 Å². The van der Waals surface area contributed by atoms with Gasteiger partial charge < -0.3 is 77.7 Å². The molecule has 5 aromatic carbocycles. The van der Waals surface area contributed by atoms with Crippen LogP contribution in [0.2, 0.25) is 0 Å². The molecule has 780 valence electrons. The largest absolute Gasteiger partial charge is 0.369 e. The molecule has 5 amide bonds. The molecule has 0 bridgehead atoms. The summed E-state index contributed by atoms with van der Waals surface area (Å²) in [5.74, 6) is 4.55. The van der Waals surface area contributed by atoms with Gasteiger partial charge in [-0.05, 0) is 180 Å². The molecule has 32 heteroatoms. The fourth-order valence-corrected chi connectivity index (χ4v) is 15.3. The van der Waals surface area contributed by atoms with Crippen LogP contribution in [0, 0.1) is 79.9 Å². The van der Waals surface area contributed by atoms with Crippen LogP contribution in [0.1, 0.15) is 229 Å². The Hall–Kier alpha value is -13.2. The van der Waals surface area contributed by atoms with Crippen molar-refractivity contribution < 1.29 is 24.0 Å². The zero-order valence-corrected chi connectivity index (χ0v) is 90.9. The van der Waals surface area contributed by atoms with Gasteiger partial charge in [0.05, 0.1) is 0 Å². The predicted molar refractivity (Wildman–Crippen MR) is 588 cm³/mol. The number of hydrogen-bond acceptors (Lipinski definition) is 27. The molecule has 0 spiro atoms. The Morgan fingerprint density at radius 1 is 0.303 bits per heavy atom. The lowest BCUT2D eigenvalue weighted by Crippen LogP contribution is -2.44. The van der Waals surface area contributed by atoms with Crippen LogP contribution >= 0.6 is 0 Å². The summed E-state index contributed by atoms with van der Waals surface area (Å²) in [6, 6.07) is 44.5. The van der Waals surface area contributed by atoms with Crippen LogP contribution in [0.3, 0.4) is 0 Å². The van der Waals surface area contributed by atoms with Crippen molar-refractivity contribution in [3.63, 3.8) is 0 Å². The second-order valence-electron chi connectivity index (χ2n) is 44.2. The van der Waals surface area contributed by atoms with Crippen molar-refractivity contribution in [1.29, 1.82) is 5.26 Å². The number of carbonyl (C=O) groups is 5. The Balaban J connectivity index is 0.000000203. The van der Waals surface area contributed by atoms with E-state index >= 15 is 0 Å². The highest BCUT2D eigenvalue weighted by molar-refractivity contribution is 6.01. The first-order chi connectivity index (χ1) is 68.6. The van der Waals surface area contributed by atoms with E-state index in [-0.39, 0.29) is 62.4 Å². The monoisotopic (exact) mass is 1980 g/mol. The lowest BCUT2D eigenvalue weighted by molar-refractivity contribution is 0.0945. The van der Waals surface area contributed by atoms with Crippen LogP contribution in [0.5, 0.6) is 0 Å². The Bertz CT molecular complexity index is 5810. The fourth-order valence-electron chi connectivity index (χ4n) is 15.3. The molecule has 0 atom stereocenters. The maximum atomic E-state index is 12.8. The number of hydrogen-bond donors (Lipinski definition) is 10. The number of piperazine rings is 3. The smallest absolute Gasteiger partial charge is 0.256 e. The minimum Gasteiger partial charge on any atom is -0.369 e. The number of rotatable bonds is 34. The molecule has 10 aromatic rings. The van der Waals surface area contributed by atoms with Crippen LogP contribution < -0.4 is 63.0 Å². The summed E-state index contributed by atoms with van der Waals surface area (Å²) in [6.45, 7) is 63.7. The van der Waals surface area contributed by atoms with Gasteiger partial charge in [-0.15, -0.1) is 0 Å². The van der Waals surface area contributed by atoms with E-state index < -0.39 is 0 Å². The average molecular weight is 1980 g/mol. The van der Waals surface area contributed by atoms with Crippen molar-refractivity contribution in [2.75, 3.05) is 202 Å². The Morgan fingerprint density at radius 2 is 0.579 bits per heavy atom. The molecule has 10 N–H and O–H groups in total. The second-order valence-corrected chi connectivity index (χ2v) is 44.2. The summed E-state index contributed by atoms with van der Waals surface area (Å²) in [5.41, 5.74) is 15.0. The molecular formula is C113H163N27O5. The summed E-state index contributed by atoms with van der Waals surface area (Å²) in [5, 5.41) is 40.4. The Labute approximate surface area is 862 Å². The number of likely N-dealkylation sites (N-methyl/N-ethyl adjacent to an activating group) is 3. The molecular weight excluding hydrogens is 1820 g/mol. The van der Waals surface area contributed by atoms with E-state index in [9.17, 15) is 24.0 Å². The lowest BCUT2D eigenvalue weighted by Gasteiger charge is -2.34. The fraction of sp³-hybridized carbons (Fsp3) is 0.504. The number of nitriles is 1. The summed E-state index contributed by atoms with van der Waals surface area (Å²) in [4.78, 5) is 120. The van der Waals surface area contributed by atoms with Gasteiger partial charge in [0.1, 0.15) is 86.3 Å². The minimum absolute atomic E-state index is 0.000289. The Kier molecular flexibility index (Phi) is 44.3. The van der Waals surface area contributed by atoms with Gasteiger partial charge in [0.25, 0.3) is 29.5 Å². The topological polar surface area (TPSA) is 378 Å². The van der Waals surface area contributed by atoms with E-state index in [4.69, 9.17) is 5.26 Å².